The Morgan fingerprint density at radius 2 is 2.05 bits per heavy atom. The van der Waals surface area contributed by atoms with Gasteiger partial charge in [0, 0.05) is 12.5 Å². The van der Waals surface area contributed by atoms with Crippen LogP contribution in [0.4, 0.5) is 0 Å². The standard InChI is InChI=1S/C16H23NO2/c1-13-3-4-14(2)16(11-13)19-10-9-17-7-5-15(12-18)6-8-17/h3-4,11-12,15H,5-10H2,1-2H3. The number of benzene rings is 1. The maximum absolute atomic E-state index is 10.7. The highest BCUT2D eigenvalue weighted by Gasteiger charge is 2.18. The summed E-state index contributed by atoms with van der Waals surface area (Å²) in [5, 5.41) is 0. The van der Waals surface area contributed by atoms with Gasteiger partial charge in [0.2, 0.25) is 0 Å². The van der Waals surface area contributed by atoms with Crippen molar-refractivity contribution in [2.75, 3.05) is 26.2 Å². The van der Waals surface area contributed by atoms with Gasteiger partial charge in [0.05, 0.1) is 0 Å². The van der Waals surface area contributed by atoms with E-state index in [4.69, 9.17) is 4.74 Å². The van der Waals surface area contributed by atoms with Gasteiger partial charge in [-0.25, -0.2) is 0 Å². The first-order chi connectivity index (χ1) is 9.19. The van der Waals surface area contributed by atoms with E-state index in [1.807, 2.05) is 0 Å². The van der Waals surface area contributed by atoms with E-state index in [9.17, 15) is 4.79 Å². The Morgan fingerprint density at radius 1 is 1.32 bits per heavy atom. The molecule has 3 nitrogen and oxygen atoms in total. The van der Waals surface area contributed by atoms with Gasteiger partial charge >= 0.3 is 0 Å². The lowest BCUT2D eigenvalue weighted by Gasteiger charge is -2.29. The number of aryl methyl sites for hydroxylation is 2. The number of piperidine rings is 1. The monoisotopic (exact) mass is 261 g/mol. The second kappa shape index (κ2) is 6.71. The van der Waals surface area contributed by atoms with Crippen LogP contribution in [0.5, 0.6) is 5.75 Å². The average Bonchev–Trinajstić information content (AvgIpc) is 2.43. The molecule has 0 aliphatic carbocycles. The highest BCUT2D eigenvalue weighted by molar-refractivity contribution is 5.53. The van der Waals surface area contributed by atoms with Gasteiger partial charge in [-0.1, -0.05) is 12.1 Å². The number of likely N-dealkylation sites (tertiary alicyclic amines) is 1. The van der Waals surface area contributed by atoms with E-state index in [0.717, 1.165) is 51.1 Å². The molecule has 0 radical (unpaired) electrons. The van der Waals surface area contributed by atoms with Crippen LogP contribution >= 0.6 is 0 Å². The smallest absolute Gasteiger partial charge is 0.123 e. The number of hydrogen-bond acceptors (Lipinski definition) is 3. The Balaban J connectivity index is 1.75. The Bertz CT molecular complexity index is 423. The molecule has 0 unspecified atom stereocenters. The Labute approximate surface area is 115 Å². The third-order valence-electron chi connectivity index (χ3n) is 3.83. The van der Waals surface area contributed by atoms with Crippen molar-refractivity contribution in [3.63, 3.8) is 0 Å². The van der Waals surface area contributed by atoms with E-state index in [0.29, 0.717) is 0 Å². The molecule has 1 fully saturated rings. The van der Waals surface area contributed by atoms with Crippen LogP contribution in [0.2, 0.25) is 0 Å². The largest absolute Gasteiger partial charge is 0.492 e. The van der Waals surface area contributed by atoms with Gasteiger partial charge in [-0.3, -0.25) is 4.90 Å². The van der Waals surface area contributed by atoms with Crippen LogP contribution in [0.25, 0.3) is 0 Å². The van der Waals surface area contributed by atoms with Crippen molar-refractivity contribution in [2.45, 2.75) is 26.7 Å². The minimum Gasteiger partial charge on any atom is -0.492 e. The number of carbonyl (C=O) groups excluding carboxylic acids is 1. The molecule has 1 aliphatic heterocycles. The van der Waals surface area contributed by atoms with Gasteiger partial charge in [0.1, 0.15) is 18.6 Å². The maximum atomic E-state index is 10.7. The molecular weight excluding hydrogens is 238 g/mol. The predicted molar refractivity (Wildman–Crippen MR) is 76.6 cm³/mol. The van der Waals surface area contributed by atoms with E-state index in [1.54, 1.807) is 0 Å². The molecule has 1 aliphatic rings. The van der Waals surface area contributed by atoms with Gasteiger partial charge in [0.25, 0.3) is 0 Å². The number of hydrogen-bond donors (Lipinski definition) is 0. The lowest BCUT2D eigenvalue weighted by atomic mass is 9.99. The minimum absolute atomic E-state index is 0.274. The lowest BCUT2D eigenvalue weighted by molar-refractivity contribution is -0.112. The maximum Gasteiger partial charge on any atom is 0.123 e. The van der Waals surface area contributed by atoms with E-state index in [-0.39, 0.29) is 5.92 Å². The molecule has 0 aromatic heterocycles. The van der Waals surface area contributed by atoms with Crippen molar-refractivity contribution in [3.8, 4) is 5.75 Å². The molecule has 0 saturated carbocycles. The number of aldehydes is 1. The second-order valence-corrected chi connectivity index (χ2v) is 5.43. The summed E-state index contributed by atoms with van der Waals surface area (Å²) >= 11 is 0. The van der Waals surface area contributed by atoms with Crippen molar-refractivity contribution in [1.29, 1.82) is 0 Å². The molecule has 19 heavy (non-hydrogen) atoms. The lowest BCUT2D eigenvalue weighted by Crippen LogP contribution is -2.36. The van der Waals surface area contributed by atoms with Crippen LogP contribution in [-0.4, -0.2) is 37.4 Å². The molecule has 0 bridgehead atoms. The number of rotatable bonds is 5. The number of carbonyl (C=O) groups is 1. The molecule has 3 heteroatoms. The van der Waals surface area contributed by atoms with Crippen LogP contribution in [0.1, 0.15) is 24.0 Å². The Kier molecular flexibility index (Phi) is 4.97. The molecule has 0 spiro atoms. The quantitative estimate of drug-likeness (QED) is 0.763. The molecule has 1 heterocycles. The first-order valence-electron chi connectivity index (χ1n) is 7.07. The molecule has 1 aromatic rings. The van der Waals surface area contributed by atoms with Crippen molar-refractivity contribution in [3.05, 3.63) is 29.3 Å². The SMILES string of the molecule is Cc1ccc(C)c(OCCN2CCC(C=O)CC2)c1. The van der Waals surface area contributed by atoms with Crippen LogP contribution in [0.15, 0.2) is 18.2 Å². The summed E-state index contributed by atoms with van der Waals surface area (Å²) < 4.78 is 5.86. The van der Waals surface area contributed by atoms with Crippen LogP contribution in [0.3, 0.4) is 0 Å². The molecule has 104 valence electrons. The van der Waals surface area contributed by atoms with Crippen molar-refractivity contribution in [2.24, 2.45) is 5.92 Å². The fourth-order valence-electron chi connectivity index (χ4n) is 2.46. The third-order valence-corrected chi connectivity index (χ3v) is 3.83. The zero-order chi connectivity index (χ0) is 13.7. The topological polar surface area (TPSA) is 29.5 Å². The molecule has 0 amide bonds. The summed E-state index contributed by atoms with van der Waals surface area (Å²) in [5.74, 6) is 1.26. The summed E-state index contributed by atoms with van der Waals surface area (Å²) in [6.07, 6.45) is 3.09. The van der Waals surface area contributed by atoms with Crippen LogP contribution in [0, 0.1) is 19.8 Å². The van der Waals surface area contributed by atoms with Crippen LogP contribution < -0.4 is 4.74 Å². The van der Waals surface area contributed by atoms with Crippen molar-refractivity contribution in [1.82, 2.24) is 4.90 Å². The van der Waals surface area contributed by atoms with Gasteiger partial charge in [-0.05, 0) is 57.0 Å². The first kappa shape index (κ1) is 14.1. The first-order valence-corrected chi connectivity index (χ1v) is 7.07. The Morgan fingerprint density at radius 3 is 2.74 bits per heavy atom. The Hall–Kier alpha value is -1.35. The number of nitrogens with zero attached hydrogens (tertiary/aromatic N) is 1. The fraction of sp³-hybridized carbons (Fsp3) is 0.562. The highest BCUT2D eigenvalue weighted by atomic mass is 16.5. The zero-order valence-corrected chi connectivity index (χ0v) is 11.9. The minimum atomic E-state index is 0.274. The second-order valence-electron chi connectivity index (χ2n) is 5.43. The molecule has 2 rings (SSSR count). The van der Waals surface area contributed by atoms with Gasteiger partial charge in [-0.2, -0.15) is 0 Å². The van der Waals surface area contributed by atoms with Crippen molar-refractivity contribution < 1.29 is 9.53 Å². The van der Waals surface area contributed by atoms with E-state index >= 15 is 0 Å². The van der Waals surface area contributed by atoms with Gasteiger partial charge in [-0.15, -0.1) is 0 Å². The zero-order valence-electron chi connectivity index (χ0n) is 11.9. The van der Waals surface area contributed by atoms with E-state index < -0.39 is 0 Å². The third kappa shape index (κ3) is 4.06. The van der Waals surface area contributed by atoms with Crippen LogP contribution in [-0.2, 0) is 4.79 Å². The normalized spacial score (nSPS) is 17.4. The predicted octanol–water partition coefficient (Wildman–Crippen LogP) is 2.59. The summed E-state index contributed by atoms with van der Waals surface area (Å²) in [4.78, 5) is 13.1. The molecule has 1 aromatic carbocycles. The van der Waals surface area contributed by atoms with E-state index in [1.165, 1.54) is 11.1 Å². The molecule has 0 N–H and O–H groups in total. The van der Waals surface area contributed by atoms with Gasteiger partial charge < -0.3 is 9.53 Å². The summed E-state index contributed by atoms with van der Waals surface area (Å²) in [6.45, 7) is 7.84. The fourth-order valence-corrected chi connectivity index (χ4v) is 2.46. The number of ether oxygens (including phenoxy) is 1. The molecular formula is C16H23NO2. The van der Waals surface area contributed by atoms with Crippen molar-refractivity contribution >= 4 is 6.29 Å². The molecule has 1 saturated heterocycles. The molecule has 0 atom stereocenters. The summed E-state index contributed by atoms with van der Waals surface area (Å²) in [7, 11) is 0. The highest BCUT2D eigenvalue weighted by Crippen LogP contribution is 2.19. The summed E-state index contributed by atoms with van der Waals surface area (Å²) in [6, 6.07) is 6.29. The average molecular weight is 261 g/mol. The summed E-state index contributed by atoms with van der Waals surface area (Å²) in [5.41, 5.74) is 2.41. The van der Waals surface area contributed by atoms with E-state index in [2.05, 4.69) is 36.9 Å². The van der Waals surface area contributed by atoms with Gasteiger partial charge in [0.15, 0.2) is 0 Å².